The molecule has 148 valence electrons. The lowest BCUT2D eigenvalue weighted by molar-refractivity contribution is -0.384. The van der Waals surface area contributed by atoms with Gasteiger partial charge in [-0.2, -0.15) is 0 Å². The Hall–Kier alpha value is -4.33. The molecule has 30 heavy (non-hydrogen) atoms. The normalized spacial score (nSPS) is 12.6. The molecular formula is C22H15N3O5. The second kappa shape index (κ2) is 7.25. The molecule has 8 nitrogen and oxygen atoms in total. The zero-order valence-electron chi connectivity index (χ0n) is 15.8. The Bertz CT molecular complexity index is 1180. The molecule has 1 heterocycles. The molecule has 0 atom stereocenters. The summed E-state index contributed by atoms with van der Waals surface area (Å²) in [6.45, 7) is 1.72. The van der Waals surface area contributed by atoms with E-state index in [1.54, 1.807) is 37.3 Å². The van der Waals surface area contributed by atoms with Gasteiger partial charge in [0.15, 0.2) is 0 Å². The monoisotopic (exact) mass is 401 g/mol. The van der Waals surface area contributed by atoms with Gasteiger partial charge >= 0.3 is 0 Å². The Kier molecular flexibility index (Phi) is 4.59. The largest absolute Gasteiger partial charge is 0.316 e. The summed E-state index contributed by atoms with van der Waals surface area (Å²) in [5.41, 5.74) is 1.80. The first-order chi connectivity index (χ1) is 14.4. The number of fused-ring (bicyclic) bond motifs is 1. The number of amides is 3. The van der Waals surface area contributed by atoms with Gasteiger partial charge < -0.3 is 5.32 Å². The molecule has 1 aliphatic heterocycles. The van der Waals surface area contributed by atoms with Crippen molar-refractivity contribution in [3.63, 3.8) is 0 Å². The van der Waals surface area contributed by atoms with E-state index in [1.807, 2.05) is 0 Å². The second-order valence-corrected chi connectivity index (χ2v) is 6.77. The quantitative estimate of drug-likeness (QED) is 0.404. The second-order valence-electron chi connectivity index (χ2n) is 6.77. The number of nitro benzene ring substituents is 1. The zero-order valence-corrected chi connectivity index (χ0v) is 15.8. The van der Waals surface area contributed by atoms with Gasteiger partial charge in [-0.15, -0.1) is 0 Å². The fourth-order valence-electron chi connectivity index (χ4n) is 3.28. The van der Waals surface area contributed by atoms with Crippen LogP contribution in [-0.4, -0.2) is 22.6 Å². The topological polar surface area (TPSA) is 110 Å². The molecule has 0 aliphatic carbocycles. The van der Waals surface area contributed by atoms with Crippen molar-refractivity contribution in [3.8, 4) is 0 Å². The van der Waals surface area contributed by atoms with E-state index in [-0.39, 0.29) is 16.9 Å². The zero-order chi connectivity index (χ0) is 21.4. The molecule has 3 amide bonds. The van der Waals surface area contributed by atoms with Crippen LogP contribution >= 0.6 is 0 Å². The number of benzene rings is 3. The fraction of sp³-hybridized carbons (Fsp3) is 0.0455. The van der Waals surface area contributed by atoms with Crippen molar-refractivity contribution in [2.24, 2.45) is 0 Å². The summed E-state index contributed by atoms with van der Waals surface area (Å²) in [4.78, 5) is 49.4. The van der Waals surface area contributed by atoms with Gasteiger partial charge in [-0.3, -0.25) is 24.5 Å². The third-order valence-electron chi connectivity index (χ3n) is 4.78. The summed E-state index contributed by atoms with van der Waals surface area (Å²) in [6.07, 6.45) is 0. The minimum Gasteiger partial charge on any atom is -0.316 e. The summed E-state index contributed by atoms with van der Waals surface area (Å²) in [5.74, 6) is -1.40. The van der Waals surface area contributed by atoms with Crippen LogP contribution in [0.4, 0.5) is 17.1 Å². The lowest BCUT2D eigenvalue weighted by Gasteiger charge is -2.14. The molecule has 1 aliphatic rings. The smallest absolute Gasteiger partial charge is 0.293 e. The van der Waals surface area contributed by atoms with E-state index in [4.69, 9.17) is 0 Å². The molecule has 0 aromatic heterocycles. The summed E-state index contributed by atoms with van der Waals surface area (Å²) in [6, 6.07) is 16.9. The fourth-order valence-corrected chi connectivity index (χ4v) is 3.28. The molecule has 0 bridgehead atoms. The molecule has 0 saturated heterocycles. The first kappa shape index (κ1) is 19.0. The van der Waals surface area contributed by atoms with E-state index < -0.39 is 22.6 Å². The molecule has 3 aromatic carbocycles. The van der Waals surface area contributed by atoms with Crippen molar-refractivity contribution >= 4 is 34.8 Å². The highest BCUT2D eigenvalue weighted by molar-refractivity contribution is 6.34. The van der Waals surface area contributed by atoms with Crippen molar-refractivity contribution in [2.45, 2.75) is 6.92 Å². The number of nitrogens with zero attached hydrogens (tertiary/aromatic N) is 2. The summed E-state index contributed by atoms with van der Waals surface area (Å²) < 4.78 is 0. The van der Waals surface area contributed by atoms with Crippen LogP contribution in [0.15, 0.2) is 66.7 Å². The molecule has 1 N–H and O–H groups in total. The third-order valence-corrected chi connectivity index (χ3v) is 4.78. The number of anilines is 2. The van der Waals surface area contributed by atoms with Crippen molar-refractivity contribution in [1.82, 2.24) is 0 Å². The van der Waals surface area contributed by atoms with Gasteiger partial charge in [0.25, 0.3) is 23.4 Å². The first-order valence-electron chi connectivity index (χ1n) is 9.01. The maximum atomic E-state index is 12.6. The van der Waals surface area contributed by atoms with Gasteiger partial charge in [0.05, 0.1) is 21.7 Å². The van der Waals surface area contributed by atoms with E-state index >= 15 is 0 Å². The van der Waals surface area contributed by atoms with Crippen molar-refractivity contribution < 1.29 is 19.3 Å². The third kappa shape index (κ3) is 3.20. The van der Waals surface area contributed by atoms with Crippen LogP contribution in [0.25, 0.3) is 0 Å². The number of imide groups is 1. The Balaban J connectivity index is 1.57. The van der Waals surface area contributed by atoms with Crippen molar-refractivity contribution in [2.75, 3.05) is 10.2 Å². The lowest BCUT2D eigenvalue weighted by atomic mass is 10.1. The van der Waals surface area contributed by atoms with Crippen LogP contribution in [0, 0.1) is 17.0 Å². The van der Waals surface area contributed by atoms with Gasteiger partial charge in [-0.25, -0.2) is 4.90 Å². The van der Waals surface area contributed by atoms with Crippen LogP contribution in [0.2, 0.25) is 0 Å². The molecule has 0 radical (unpaired) electrons. The molecule has 0 saturated carbocycles. The summed E-state index contributed by atoms with van der Waals surface area (Å²) >= 11 is 0. The van der Waals surface area contributed by atoms with Crippen LogP contribution in [0.1, 0.15) is 36.6 Å². The maximum absolute atomic E-state index is 12.6. The minimum atomic E-state index is -0.562. The van der Waals surface area contributed by atoms with Crippen LogP contribution in [-0.2, 0) is 0 Å². The SMILES string of the molecule is Cc1ccc(NC(=O)c2ccc(N3C(=O)c4ccccc4C3=O)cc2)c([N+](=O)[O-])c1. The number of carbonyl (C=O) groups excluding carboxylic acids is 3. The molecule has 4 rings (SSSR count). The van der Waals surface area contributed by atoms with Gasteiger partial charge in [-0.1, -0.05) is 18.2 Å². The molecule has 0 unspecified atom stereocenters. The standard InChI is InChI=1S/C22H15N3O5/c1-13-6-11-18(19(12-13)25(29)30)23-20(26)14-7-9-15(10-8-14)24-21(27)16-4-2-3-5-17(16)22(24)28/h2-12H,1H3,(H,23,26). The average molecular weight is 401 g/mol. The molecule has 8 heteroatoms. The van der Waals surface area contributed by atoms with Gasteiger partial charge in [0, 0.05) is 11.6 Å². The summed E-state index contributed by atoms with van der Waals surface area (Å²) in [7, 11) is 0. The predicted octanol–water partition coefficient (Wildman–Crippen LogP) is 3.96. The Morgan fingerprint density at radius 3 is 2.10 bits per heavy atom. The number of hydrogen-bond donors (Lipinski definition) is 1. The van der Waals surface area contributed by atoms with E-state index in [2.05, 4.69) is 5.32 Å². The van der Waals surface area contributed by atoms with Crippen molar-refractivity contribution in [3.05, 3.63) is 99.1 Å². The number of nitro groups is 1. The number of hydrogen-bond acceptors (Lipinski definition) is 5. The maximum Gasteiger partial charge on any atom is 0.293 e. The molecule has 3 aromatic rings. The highest BCUT2D eigenvalue weighted by Gasteiger charge is 2.36. The highest BCUT2D eigenvalue weighted by atomic mass is 16.6. The van der Waals surface area contributed by atoms with Crippen LogP contribution in [0.5, 0.6) is 0 Å². The number of aryl methyl sites for hydroxylation is 1. The Morgan fingerprint density at radius 1 is 0.933 bits per heavy atom. The Labute approximate surface area is 170 Å². The van der Waals surface area contributed by atoms with Gasteiger partial charge in [-0.05, 0) is 55.0 Å². The van der Waals surface area contributed by atoms with Gasteiger partial charge in [0.2, 0.25) is 0 Å². The van der Waals surface area contributed by atoms with Gasteiger partial charge in [0.1, 0.15) is 5.69 Å². The van der Waals surface area contributed by atoms with E-state index in [0.29, 0.717) is 22.4 Å². The predicted molar refractivity (Wildman–Crippen MR) is 110 cm³/mol. The van der Waals surface area contributed by atoms with E-state index in [9.17, 15) is 24.5 Å². The number of rotatable bonds is 4. The Morgan fingerprint density at radius 2 is 1.53 bits per heavy atom. The van der Waals surface area contributed by atoms with Crippen LogP contribution in [0.3, 0.4) is 0 Å². The first-order valence-corrected chi connectivity index (χ1v) is 9.01. The minimum absolute atomic E-state index is 0.0834. The average Bonchev–Trinajstić information content (AvgIpc) is 3.00. The lowest BCUT2D eigenvalue weighted by Crippen LogP contribution is -2.29. The van der Waals surface area contributed by atoms with E-state index in [0.717, 1.165) is 4.90 Å². The van der Waals surface area contributed by atoms with E-state index in [1.165, 1.54) is 36.4 Å². The van der Waals surface area contributed by atoms with Crippen LogP contribution < -0.4 is 10.2 Å². The van der Waals surface area contributed by atoms with Crippen molar-refractivity contribution in [1.29, 1.82) is 0 Å². The molecule has 0 spiro atoms. The molecular weight excluding hydrogens is 386 g/mol. The molecule has 0 fully saturated rings. The number of carbonyl (C=O) groups is 3. The highest BCUT2D eigenvalue weighted by Crippen LogP contribution is 2.29. The number of nitrogens with one attached hydrogen (secondary N) is 1. The summed E-state index contributed by atoms with van der Waals surface area (Å²) in [5, 5.41) is 13.8.